The van der Waals surface area contributed by atoms with Gasteiger partial charge in [0, 0.05) is 10.9 Å². The third kappa shape index (κ3) is 2.55. The van der Waals surface area contributed by atoms with Crippen LogP contribution in [0.1, 0.15) is 44.0 Å². The van der Waals surface area contributed by atoms with E-state index in [0.717, 1.165) is 10.9 Å². The van der Waals surface area contributed by atoms with Crippen LogP contribution in [0, 0.1) is 5.41 Å². The number of hydrogen-bond acceptors (Lipinski definition) is 2. The van der Waals surface area contributed by atoms with Gasteiger partial charge in [0.2, 0.25) is 0 Å². The number of nitrogens with one attached hydrogen (secondary N) is 1. The molecule has 0 bridgehead atoms. The van der Waals surface area contributed by atoms with Gasteiger partial charge in [0.1, 0.15) is 0 Å². The van der Waals surface area contributed by atoms with Crippen molar-refractivity contribution < 1.29 is 0 Å². The summed E-state index contributed by atoms with van der Waals surface area (Å²) in [5.41, 5.74) is 0.476. The molecule has 1 aromatic rings. The first-order valence-electron chi connectivity index (χ1n) is 5.64. The van der Waals surface area contributed by atoms with Crippen LogP contribution in [0.3, 0.4) is 0 Å². The summed E-state index contributed by atoms with van der Waals surface area (Å²) < 4.78 is 0.901. The molecule has 0 saturated heterocycles. The lowest BCUT2D eigenvalue weighted by atomic mass is 9.97. The third-order valence-corrected chi connectivity index (χ3v) is 4.51. The van der Waals surface area contributed by atoms with Gasteiger partial charge in [-0.05, 0) is 43.4 Å². The van der Waals surface area contributed by atoms with Gasteiger partial charge in [-0.25, -0.2) is 0 Å². The average molecular weight is 244 g/mol. The van der Waals surface area contributed by atoms with Crippen LogP contribution < -0.4 is 5.32 Å². The standard InChI is InChI=1S/C12H18ClNS/c1-3-8-14-11(12(2)6-7-12)9-4-5-10(13)15-9/h4-5,11,14H,3,6-8H2,1-2H3. The van der Waals surface area contributed by atoms with Crippen molar-refractivity contribution in [2.75, 3.05) is 6.54 Å². The Kier molecular flexibility index (Phi) is 3.39. The highest BCUT2D eigenvalue weighted by atomic mass is 35.5. The largest absolute Gasteiger partial charge is 0.309 e. The Morgan fingerprint density at radius 1 is 1.53 bits per heavy atom. The highest BCUT2D eigenvalue weighted by Crippen LogP contribution is 2.55. The smallest absolute Gasteiger partial charge is 0.0931 e. The van der Waals surface area contributed by atoms with Gasteiger partial charge in [-0.15, -0.1) is 11.3 Å². The molecule has 1 nitrogen and oxygen atoms in total. The quantitative estimate of drug-likeness (QED) is 0.816. The summed E-state index contributed by atoms with van der Waals surface area (Å²) in [6.07, 6.45) is 3.86. The van der Waals surface area contributed by atoms with E-state index in [9.17, 15) is 0 Å². The molecule has 84 valence electrons. The fourth-order valence-electron chi connectivity index (χ4n) is 1.95. The molecule has 1 fully saturated rings. The number of thiophene rings is 1. The molecule has 3 heteroatoms. The molecule has 1 atom stereocenters. The molecule has 1 aliphatic carbocycles. The lowest BCUT2D eigenvalue weighted by Gasteiger charge is -2.23. The fraction of sp³-hybridized carbons (Fsp3) is 0.667. The van der Waals surface area contributed by atoms with Gasteiger partial charge in [-0.3, -0.25) is 0 Å². The Balaban J connectivity index is 2.11. The third-order valence-electron chi connectivity index (χ3n) is 3.21. The maximum absolute atomic E-state index is 6.00. The van der Waals surface area contributed by atoms with Crippen molar-refractivity contribution in [3.05, 3.63) is 21.3 Å². The van der Waals surface area contributed by atoms with Crippen LogP contribution in [0.15, 0.2) is 12.1 Å². The molecule has 1 saturated carbocycles. The molecule has 1 heterocycles. The van der Waals surface area contributed by atoms with E-state index < -0.39 is 0 Å². The lowest BCUT2D eigenvalue weighted by molar-refractivity contribution is 0.372. The van der Waals surface area contributed by atoms with Crippen LogP contribution >= 0.6 is 22.9 Å². The number of rotatable bonds is 5. The van der Waals surface area contributed by atoms with Gasteiger partial charge >= 0.3 is 0 Å². The molecule has 2 rings (SSSR count). The van der Waals surface area contributed by atoms with Crippen molar-refractivity contribution in [1.82, 2.24) is 5.32 Å². The number of hydrogen-bond donors (Lipinski definition) is 1. The van der Waals surface area contributed by atoms with Crippen molar-refractivity contribution in [2.24, 2.45) is 5.41 Å². The van der Waals surface area contributed by atoms with Gasteiger partial charge in [0.25, 0.3) is 0 Å². The molecule has 15 heavy (non-hydrogen) atoms. The fourth-order valence-corrected chi connectivity index (χ4v) is 3.26. The zero-order valence-corrected chi connectivity index (χ0v) is 10.9. The lowest BCUT2D eigenvalue weighted by Crippen LogP contribution is -2.27. The van der Waals surface area contributed by atoms with E-state index in [0.29, 0.717) is 11.5 Å². The van der Waals surface area contributed by atoms with Crippen LogP contribution in [0.2, 0.25) is 4.34 Å². The number of halogens is 1. The molecular formula is C12H18ClNS. The second-order valence-electron chi connectivity index (χ2n) is 4.68. The average Bonchev–Trinajstić information content (AvgIpc) is 2.79. The summed E-state index contributed by atoms with van der Waals surface area (Å²) in [4.78, 5) is 1.40. The van der Waals surface area contributed by atoms with Gasteiger partial charge in [0.15, 0.2) is 0 Å². The van der Waals surface area contributed by atoms with E-state index in [-0.39, 0.29) is 0 Å². The monoisotopic (exact) mass is 243 g/mol. The highest BCUT2D eigenvalue weighted by molar-refractivity contribution is 7.16. The zero-order valence-electron chi connectivity index (χ0n) is 9.35. The van der Waals surface area contributed by atoms with E-state index in [2.05, 4.69) is 25.2 Å². The van der Waals surface area contributed by atoms with Crippen molar-refractivity contribution in [3.8, 4) is 0 Å². The van der Waals surface area contributed by atoms with E-state index >= 15 is 0 Å². The van der Waals surface area contributed by atoms with Crippen LogP contribution in [0.4, 0.5) is 0 Å². The molecule has 0 aromatic carbocycles. The molecule has 1 aliphatic rings. The van der Waals surface area contributed by atoms with Crippen molar-refractivity contribution >= 4 is 22.9 Å². The van der Waals surface area contributed by atoms with E-state index in [1.54, 1.807) is 11.3 Å². The Bertz CT molecular complexity index is 330. The molecule has 0 radical (unpaired) electrons. The Hall–Kier alpha value is -0.0500. The minimum absolute atomic E-state index is 0.476. The summed E-state index contributed by atoms with van der Waals surface area (Å²) >= 11 is 7.72. The van der Waals surface area contributed by atoms with Gasteiger partial charge in [0.05, 0.1) is 4.34 Å². The Morgan fingerprint density at radius 3 is 2.73 bits per heavy atom. The SMILES string of the molecule is CCCNC(c1ccc(Cl)s1)C1(C)CC1. The molecule has 1 unspecified atom stereocenters. The first-order valence-corrected chi connectivity index (χ1v) is 6.84. The van der Waals surface area contributed by atoms with Crippen LogP contribution in [0.5, 0.6) is 0 Å². The molecule has 0 spiro atoms. The van der Waals surface area contributed by atoms with E-state index in [1.807, 2.05) is 6.07 Å². The molecule has 1 aromatic heterocycles. The first kappa shape index (κ1) is 11.4. The predicted molar refractivity (Wildman–Crippen MR) is 67.7 cm³/mol. The highest BCUT2D eigenvalue weighted by Gasteiger charge is 2.45. The van der Waals surface area contributed by atoms with Crippen molar-refractivity contribution in [3.63, 3.8) is 0 Å². The van der Waals surface area contributed by atoms with Gasteiger partial charge < -0.3 is 5.32 Å². The molecule has 0 aliphatic heterocycles. The van der Waals surface area contributed by atoms with E-state index in [1.165, 1.54) is 24.1 Å². The summed E-state index contributed by atoms with van der Waals surface area (Å²) in [5.74, 6) is 0. The Labute approximate surface area is 101 Å². The molecular weight excluding hydrogens is 226 g/mol. The maximum Gasteiger partial charge on any atom is 0.0931 e. The normalized spacial score (nSPS) is 20.2. The summed E-state index contributed by atoms with van der Waals surface area (Å²) in [6, 6.07) is 4.69. The molecule has 0 amide bonds. The van der Waals surface area contributed by atoms with Crippen molar-refractivity contribution in [1.29, 1.82) is 0 Å². The van der Waals surface area contributed by atoms with Gasteiger partial charge in [-0.1, -0.05) is 25.4 Å². The minimum Gasteiger partial charge on any atom is -0.309 e. The van der Waals surface area contributed by atoms with Crippen LogP contribution in [-0.4, -0.2) is 6.54 Å². The minimum atomic E-state index is 0.476. The second-order valence-corrected chi connectivity index (χ2v) is 6.43. The first-order chi connectivity index (χ1) is 7.15. The summed E-state index contributed by atoms with van der Waals surface area (Å²) in [7, 11) is 0. The maximum atomic E-state index is 6.00. The second kappa shape index (κ2) is 4.44. The topological polar surface area (TPSA) is 12.0 Å². The summed E-state index contributed by atoms with van der Waals surface area (Å²) in [6.45, 7) is 5.67. The zero-order chi connectivity index (χ0) is 10.9. The van der Waals surface area contributed by atoms with E-state index in [4.69, 9.17) is 11.6 Å². The summed E-state index contributed by atoms with van der Waals surface area (Å²) in [5, 5.41) is 3.65. The molecule has 1 N–H and O–H groups in total. The van der Waals surface area contributed by atoms with Crippen molar-refractivity contribution in [2.45, 2.75) is 39.2 Å². The van der Waals surface area contributed by atoms with Crippen LogP contribution in [-0.2, 0) is 0 Å². The Morgan fingerprint density at radius 2 is 2.27 bits per heavy atom. The van der Waals surface area contributed by atoms with Crippen LogP contribution in [0.25, 0.3) is 0 Å². The predicted octanol–water partition coefficient (Wildman–Crippen LogP) is 4.24. The van der Waals surface area contributed by atoms with Gasteiger partial charge in [-0.2, -0.15) is 0 Å².